The predicted molar refractivity (Wildman–Crippen MR) is 264 cm³/mol. The van der Waals surface area contributed by atoms with Crippen molar-refractivity contribution < 1.29 is 0 Å². The normalized spacial score (nSPS) is 22.4. The first-order chi connectivity index (χ1) is 28.3. The van der Waals surface area contributed by atoms with E-state index in [1.54, 1.807) is 0 Å². The van der Waals surface area contributed by atoms with Crippen LogP contribution < -0.4 is 9.80 Å². The molecule has 314 valence electrons. The molecule has 0 bridgehead atoms. The fraction of sp³-hybridized carbons (Fsp3) is 0.393. The number of halogens is 2. The quantitative estimate of drug-likeness (QED) is 0.222. The van der Waals surface area contributed by atoms with Gasteiger partial charge in [-0.2, -0.15) is 0 Å². The minimum atomic E-state index is -0.284. The lowest BCUT2D eigenvalue weighted by molar-refractivity contribution is 0.457. The van der Waals surface area contributed by atoms with Gasteiger partial charge in [0.1, 0.15) is 0 Å². The molecule has 3 aromatic rings. The van der Waals surface area contributed by atoms with Gasteiger partial charge < -0.3 is 9.80 Å². The van der Waals surface area contributed by atoms with Crippen molar-refractivity contribution in [3.05, 3.63) is 180 Å². The minimum Gasteiger partial charge on any atom is -0.316 e. The average Bonchev–Trinajstić information content (AvgIpc) is 3.18. The molecule has 4 heteroatoms. The van der Waals surface area contributed by atoms with E-state index in [-0.39, 0.29) is 22.2 Å². The fourth-order valence-electron chi connectivity index (χ4n) is 10.0. The lowest BCUT2D eigenvalue weighted by Gasteiger charge is -2.45. The summed E-state index contributed by atoms with van der Waals surface area (Å²) in [5, 5.41) is 0.703. The van der Waals surface area contributed by atoms with E-state index in [1.165, 1.54) is 61.6 Å². The second kappa shape index (κ2) is 17.0. The summed E-state index contributed by atoms with van der Waals surface area (Å²) in [4.78, 5) is 5.05. The van der Waals surface area contributed by atoms with Crippen LogP contribution in [0.3, 0.4) is 0 Å². The molecule has 60 heavy (non-hydrogen) atoms. The third-order valence-electron chi connectivity index (χ3n) is 13.3. The molecule has 3 unspecified atom stereocenters. The Hall–Kier alpha value is -4.05. The second-order valence-electron chi connectivity index (χ2n) is 20.4. The van der Waals surface area contributed by atoms with E-state index in [0.29, 0.717) is 10.9 Å². The van der Waals surface area contributed by atoms with Gasteiger partial charge in [-0.25, -0.2) is 0 Å². The molecule has 2 nitrogen and oxygen atoms in total. The van der Waals surface area contributed by atoms with Crippen LogP contribution in [-0.2, 0) is 5.41 Å². The van der Waals surface area contributed by atoms with Crippen molar-refractivity contribution in [2.45, 2.75) is 127 Å². The molecule has 0 spiro atoms. The van der Waals surface area contributed by atoms with E-state index >= 15 is 0 Å². The first-order valence-electron chi connectivity index (χ1n) is 22.1. The standard InChI is InChI=1S/C56H66BrClN2/c1-36-17-28-48(40(5)31-36)56(12)35-38(3)19-30-52(56)60(45-26-22-42(23-27-45)55(9,10)11)51-34-43(58)33-50(53(51)57)59(44-24-20-41(21-25-44)54(6,7)8)49-29-18-37(2)32-47(49)46-16-14-13-15-39(46)4/h13-20,22-24,26-30,33-34,36,47H,21,25,31-32,35H2,1-12H3. The molecule has 4 aliphatic carbocycles. The molecule has 0 saturated carbocycles. The SMILES string of the molecule is CC1=CC=C(N(C2=CC=C(C(C)(C)C)CC2)c2cc(Cl)cc(N(C3=CC=C(C)CC3(C)C3=C(C)CC(C)C=C3)c3ccc(C(C)(C)C)cc3)c2Br)C(c2ccccc2C)C1. The number of rotatable bonds is 8. The first kappa shape index (κ1) is 44.0. The van der Waals surface area contributed by atoms with E-state index in [9.17, 15) is 0 Å². The Kier molecular flexibility index (Phi) is 12.5. The van der Waals surface area contributed by atoms with Crippen LogP contribution in [-0.4, -0.2) is 0 Å². The number of hydrogen-bond donors (Lipinski definition) is 0. The largest absolute Gasteiger partial charge is 0.316 e. The van der Waals surface area contributed by atoms with Crippen molar-refractivity contribution >= 4 is 44.6 Å². The van der Waals surface area contributed by atoms with Gasteiger partial charge in [0.25, 0.3) is 0 Å². The number of allylic oxidation sites excluding steroid dienone is 15. The number of aryl methyl sites for hydroxylation is 1. The molecule has 3 atom stereocenters. The Morgan fingerprint density at radius 2 is 1.40 bits per heavy atom. The zero-order valence-corrected chi connectivity index (χ0v) is 40.6. The first-order valence-corrected chi connectivity index (χ1v) is 23.2. The van der Waals surface area contributed by atoms with Crippen molar-refractivity contribution in [2.24, 2.45) is 16.7 Å². The van der Waals surface area contributed by atoms with Crippen LogP contribution in [0.5, 0.6) is 0 Å². The summed E-state index contributed by atoms with van der Waals surface area (Å²) in [6, 6.07) is 22.5. The molecule has 0 radical (unpaired) electrons. The van der Waals surface area contributed by atoms with E-state index in [1.807, 2.05) is 0 Å². The van der Waals surface area contributed by atoms with Crippen molar-refractivity contribution in [1.82, 2.24) is 0 Å². The Morgan fingerprint density at radius 1 is 0.733 bits per heavy atom. The van der Waals surface area contributed by atoms with Crippen LogP contribution in [0.2, 0.25) is 5.02 Å². The highest BCUT2D eigenvalue weighted by molar-refractivity contribution is 9.10. The fourth-order valence-corrected chi connectivity index (χ4v) is 10.8. The topological polar surface area (TPSA) is 6.48 Å². The Balaban J connectivity index is 1.50. The van der Waals surface area contributed by atoms with E-state index < -0.39 is 0 Å². The average molecular weight is 883 g/mol. The molecule has 0 heterocycles. The summed E-state index contributed by atoms with van der Waals surface area (Å²) in [5.74, 6) is 0.703. The number of hydrogen-bond acceptors (Lipinski definition) is 2. The molecule has 0 saturated heterocycles. The third-order valence-corrected chi connectivity index (χ3v) is 14.4. The lowest BCUT2D eigenvalue weighted by atomic mass is 9.67. The van der Waals surface area contributed by atoms with Crippen LogP contribution in [0.25, 0.3) is 0 Å². The summed E-state index contributed by atoms with van der Waals surface area (Å²) < 4.78 is 1.02. The minimum absolute atomic E-state index is 0.0286. The Labute approximate surface area is 376 Å². The smallest absolute Gasteiger partial charge is 0.0657 e. The van der Waals surface area contributed by atoms with Crippen LogP contribution in [0.1, 0.15) is 131 Å². The van der Waals surface area contributed by atoms with Gasteiger partial charge >= 0.3 is 0 Å². The highest BCUT2D eigenvalue weighted by Gasteiger charge is 2.41. The van der Waals surface area contributed by atoms with Gasteiger partial charge in [0.05, 0.1) is 15.8 Å². The predicted octanol–water partition coefficient (Wildman–Crippen LogP) is 17.5. The number of anilines is 3. The van der Waals surface area contributed by atoms with Crippen LogP contribution in [0, 0.1) is 23.7 Å². The summed E-state index contributed by atoms with van der Waals surface area (Å²) >= 11 is 11.9. The van der Waals surface area contributed by atoms with Crippen molar-refractivity contribution in [1.29, 1.82) is 0 Å². The van der Waals surface area contributed by atoms with Gasteiger partial charge in [0.2, 0.25) is 0 Å². The molecule has 0 aromatic heterocycles. The van der Waals surface area contributed by atoms with Crippen LogP contribution >= 0.6 is 27.5 Å². The molecule has 4 aliphatic rings. The number of benzene rings is 3. The number of nitrogens with zero attached hydrogens (tertiary/aromatic N) is 2. The van der Waals surface area contributed by atoms with Gasteiger partial charge in [-0.3, -0.25) is 0 Å². The highest BCUT2D eigenvalue weighted by atomic mass is 79.9. The summed E-state index contributed by atoms with van der Waals surface area (Å²) in [7, 11) is 0. The zero-order chi connectivity index (χ0) is 43.3. The van der Waals surface area contributed by atoms with Crippen molar-refractivity contribution in [2.75, 3.05) is 9.80 Å². The van der Waals surface area contributed by atoms with Gasteiger partial charge in [-0.1, -0.05) is 149 Å². The summed E-state index contributed by atoms with van der Waals surface area (Å²) in [5.41, 5.74) is 18.0. The molecular formula is C56H66BrClN2. The molecule has 0 N–H and O–H groups in total. The molecule has 0 amide bonds. The van der Waals surface area contributed by atoms with Crippen molar-refractivity contribution in [3.63, 3.8) is 0 Å². The van der Waals surface area contributed by atoms with Gasteiger partial charge in [-0.05, 0) is 164 Å². The van der Waals surface area contributed by atoms with Crippen LogP contribution in [0.15, 0.2) is 159 Å². The van der Waals surface area contributed by atoms with Crippen molar-refractivity contribution in [3.8, 4) is 0 Å². The van der Waals surface area contributed by atoms with E-state index in [2.05, 4.69) is 218 Å². The van der Waals surface area contributed by atoms with E-state index in [4.69, 9.17) is 11.6 Å². The highest BCUT2D eigenvalue weighted by Crippen LogP contribution is 2.55. The zero-order valence-electron chi connectivity index (χ0n) is 38.2. The Bertz CT molecular complexity index is 2410. The molecule has 0 fully saturated rings. The summed E-state index contributed by atoms with van der Waals surface area (Å²) in [6.07, 6.45) is 23.9. The van der Waals surface area contributed by atoms with Crippen LogP contribution in [0.4, 0.5) is 17.1 Å². The maximum Gasteiger partial charge on any atom is 0.0657 e. The lowest BCUT2D eigenvalue weighted by Crippen LogP contribution is -2.35. The van der Waals surface area contributed by atoms with E-state index in [0.717, 1.165) is 53.6 Å². The van der Waals surface area contributed by atoms with Gasteiger partial charge in [0.15, 0.2) is 0 Å². The third kappa shape index (κ3) is 8.82. The monoisotopic (exact) mass is 880 g/mol. The maximum absolute atomic E-state index is 7.48. The van der Waals surface area contributed by atoms with Gasteiger partial charge in [-0.15, -0.1) is 0 Å². The molecule has 7 rings (SSSR count). The molecular weight excluding hydrogens is 816 g/mol. The second-order valence-corrected chi connectivity index (χ2v) is 21.6. The molecule has 0 aliphatic heterocycles. The maximum atomic E-state index is 7.48. The summed E-state index contributed by atoms with van der Waals surface area (Å²) in [6.45, 7) is 27.8. The Morgan fingerprint density at radius 3 is 2.02 bits per heavy atom. The molecule has 3 aromatic carbocycles. The van der Waals surface area contributed by atoms with Gasteiger partial charge in [0, 0.05) is 39.1 Å².